The van der Waals surface area contributed by atoms with E-state index in [2.05, 4.69) is 10.5 Å². The number of benzene rings is 2. The van der Waals surface area contributed by atoms with Crippen molar-refractivity contribution in [3.63, 3.8) is 0 Å². The van der Waals surface area contributed by atoms with Gasteiger partial charge in [-0.1, -0.05) is 30.1 Å². The van der Waals surface area contributed by atoms with Gasteiger partial charge in [0.1, 0.15) is 17.5 Å². The van der Waals surface area contributed by atoms with Gasteiger partial charge in [0.05, 0.1) is 6.54 Å². The summed E-state index contributed by atoms with van der Waals surface area (Å²) in [6.45, 7) is 0.193. The summed E-state index contributed by atoms with van der Waals surface area (Å²) in [6.07, 6.45) is 3.42. The van der Waals surface area contributed by atoms with Crippen LogP contribution in [0.25, 0.3) is 0 Å². The molecule has 4 rings (SSSR count). The zero-order chi connectivity index (χ0) is 23.4. The molecule has 0 unspecified atom stereocenters. The highest BCUT2D eigenvalue weighted by Gasteiger charge is 2.29. The zero-order valence-electron chi connectivity index (χ0n) is 17.7. The smallest absolute Gasteiger partial charge is 0.273 e. The topological polar surface area (TPSA) is 75.4 Å². The molecular weight excluding hydrogens is 435 g/mol. The average Bonchev–Trinajstić information content (AvgIpc) is 3.48. The van der Waals surface area contributed by atoms with Gasteiger partial charge in [-0.3, -0.25) is 9.59 Å². The van der Waals surface area contributed by atoms with Gasteiger partial charge < -0.3 is 14.7 Å². The predicted octanol–water partition coefficient (Wildman–Crippen LogP) is 4.61. The van der Waals surface area contributed by atoms with Crippen molar-refractivity contribution in [2.45, 2.75) is 44.8 Å². The van der Waals surface area contributed by atoms with E-state index in [1.54, 1.807) is 12.1 Å². The number of amides is 2. The Bertz CT molecular complexity index is 1120. The van der Waals surface area contributed by atoms with Crippen LogP contribution in [-0.4, -0.2) is 27.9 Å². The first kappa shape index (κ1) is 22.6. The van der Waals surface area contributed by atoms with Crippen molar-refractivity contribution < 1.29 is 27.3 Å². The quantitative estimate of drug-likeness (QED) is 0.562. The SMILES string of the molecule is O=C(NCc1ccc(F)cc1)c1cc(CN(C(=O)c2cc(F)cc(F)c2)C2CCCC2)on1. The first-order chi connectivity index (χ1) is 15.9. The van der Waals surface area contributed by atoms with E-state index in [1.807, 2.05) is 0 Å². The number of rotatable bonds is 7. The van der Waals surface area contributed by atoms with Crippen molar-refractivity contribution in [2.75, 3.05) is 0 Å². The van der Waals surface area contributed by atoms with E-state index in [1.165, 1.54) is 23.1 Å². The molecule has 0 aliphatic heterocycles. The van der Waals surface area contributed by atoms with Gasteiger partial charge >= 0.3 is 0 Å². The summed E-state index contributed by atoms with van der Waals surface area (Å²) in [5.41, 5.74) is 0.660. The molecular formula is C24H22F3N3O3. The molecule has 0 spiro atoms. The van der Waals surface area contributed by atoms with Crippen LogP contribution >= 0.6 is 0 Å². The van der Waals surface area contributed by atoms with Gasteiger partial charge in [-0.05, 0) is 42.7 Å². The van der Waals surface area contributed by atoms with Crippen LogP contribution in [0.1, 0.15) is 57.9 Å². The standard InChI is InChI=1S/C24H22F3N3O3/c25-17-7-5-15(6-8-17)13-28-23(31)22-12-21(33-29-22)14-30(20-3-1-2-4-20)24(32)16-9-18(26)11-19(27)10-16/h5-12,20H,1-4,13-14H2,(H,28,31). The van der Waals surface area contributed by atoms with E-state index >= 15 is 0 Å². The van der Waals surface area contributed by atoms with E-state index in [4.69, 9.17) is 4.52 Å². The summed E-state index contributed by atoms with van der Waals surface area (Å²) in [6, 6.07) is 9.76. The number of nitrogens with zero attached hydrogens (tertiary/aromatic N) is 2. The molecule has 3 aromatic rings. The van der Waals surface area contributed by atoms with E-state index in [0.717, 1.165) is 37.8 Å². The summed E-state index contributed by atoms with van der Waals surface area (Å²) < 4.78 is 45.6. The largest absolute Gasteiger partial charge is 0.359 e. The van der Waals surface area contributed by atoms with Crippen molar-refractivity contribution in [1.29, 1.82) is 0 Å². The molecule has 0 bridgehead atoms. The average molecular weight is 457 g/mol. The van der Waals surface area contributed by atoms with Crippen molar-refractivity contribution in [3.8, 4) is 0 Å². The summed E-state index contributed by atoms with van der Waals surface area (Å²) in [5.74, 6) is -2.75. The highest BCUT2D eigenvalue weighted by atomic mass is 19.1. The van der Waals surface area contributed by atoms with E-state index in [9.17, 15) is 22.8 Å². The summed E-state index contributed by atoms with van der Waals surface area (Å²) in [5, 5.41) is 6.45. The molecule has 1 fully saturated rings. The Morgan fingerprint density at radius 1 is 0.970 bits per heavy atom. The van der Waals surface area contributed by atoms with Crippen LogP contribution in [0, 0.1) is 17.5 Å². The van der Waals surface area contributed by atoms with Crippen molar-refractivity contribution in [1.82, 2.24) is 15.4 Å². The second kappa shape index (κ2) is 9.89. The number of carbonyl (C=O) groups is 2. The van der Waals surface area contributed by atoms with Gasteiger partial charge in [0.2, 0.25) is 0 Å². The number of aromatic nitrogens is 1. The van der Waals surface area contributed by atoms with Gasteiger partial charge in [-0.15, -0.1) is 0 Å². The first-order valence-corrected chi connectivity index (χ1v) is 10.6. The Hall–Kier alpha value is -3.62. The molecule has 2 aromatic carbocycles. The van der Waals surface area contributed by atoms with Gasteiger partial charge in [-0.2, -0.15) is 0 Å². The number of halogens is 3. The third kappa shape index (κ3) is 5.60. The predicted molar refractivity (Wildman–Crippen MR) is 113 cm³/mol. The summed E-state index contributed by atoms with van der Waals surface area (Å²) >= 11 is 0. The Labute approximate surface area is 188 Å². The second-order valence-corrected chi connectivity index (χ2v) is 8.02. The molecule has 0 radical (unpaired) electrons. The minimum absolute atomic E-state index is 0.0138. The van der Waals surface area contributed by atoms with Crippen LogP contribution in [0.5, 0.6) is 0 Å². The highest BCUT2D eigenvalue weighted by molar-refractivity contribution is 5.94. The van der Waals surface area contributed by atoms with Crippen LogP contribution < -0.4 is 5.32 Å². The van der Waals surface area contributed by atoms with Gasteiger partial charge in [0, 0.05) is 30.3 Å². The third-order valence-electron chi connectivity index (χ3n) is 5.62. The van der Waals surface area contributed by atoms with Crippen LogP contribution in [-0.2, 0) is 13.1 Å². The van der Waals surface area contributed by atoms with Crippen LogP contribution in [0.3, 0.4) is 0 Å². The molecule has 2 amide bonds. The normalized spacial score (nSPS) is 13.8. The monoisotopic (exact) mass is 457 g/mol. The maximum atomic E-state index is 13.7. The minimum atomic E-state index is -0.829. The maximum absolute atomic E-state index is 13.7. The zero-order valence-corrected chi connectivity index (χ0v) is 17.7. The Balaban J connectivity index is 1.46. The van der Waals surface area contributed by atoms with E-state index in [0.29, 0.717) is 11.6 Å². The number of hydrogen-bond donors (Lipinski definition) is 1. The molecule has 1 aliphatic carbocycles. The molecule has 33 heavy (non-hydrogen) atoms. The lowest BCUT2D eigenvalue weighted by Crippen LogP contribution is -2.38. The maximum Gasteiger partial charge on any atom is 0.273 e. The van der Waals surface area contributed by atoms with E-state index in [-0.39, 0.29) is 42.0 Å². The van der Waals surface area contributed by atoms with Crippen LogP contribution in [0.15, 0.2) is 53.1 Å². The van der Waals surface area contributed by atoms with Crippen LogP contribution in [0.2, 0.25) is 0 Å². The fourth-order valence-electron chi connectivity index (χ4n) is 3.96. The molecule has 0 saturated heterocycles. The minimum Gasteiger partial charge on any atom is -0.359 e. The third-order valence-corrected chi connectivity index (χ3v) is 5.62. The van der Waals surface area contributed by atoms with Gasteiger partial charge in [-0.25, -0.2) is 13.2 Å². The lowest BCUT2D eigenvalue weighted by Gasteiger charge is -2.28. The number of carbonyl (C=O) groups excluding carboxylic acids is 2. The number of nitrogens with one attached hydrogen (secondary N) is 1. The molecule has 1 N–H and O–H groups in total. The molecule has 1 aliphatic rings. The van der Waals surface area contributed by atoms with Crippen molar-refractivity contribution in [2.24, 2.45) is 0 Å². The van der Waals surface area contributed by atoms with Gasteiger partial charge in [0.25, 0.3) is 11.8 Å². The molecule has 6 nitrogen and oxygen atoms in total. The fraction of sp³-hybridized carbons (Fsp3) is 0.292. The molecule has 1 aromatic heterocycles. The lowest BCUT2D eigenvalue weighted by molar-refractivity contribution is 0.0642. The van der Waals surface area contributed by atoms with Crippen molar-refractivity contribution >= 4 is 11.8 Å². The second-order valence-electron chi connectivity index (χ2n) is 8.02. The molecule has 0 atom stereocenters. The Morgan fingerprint density at radius 3 is 2.30 bits per heavy atom. The first-order valence-electron chi connectivity index (χ1n) is 10.6. The molecule has 172 valence electrons. The molecule has 9 heteroatoms. The van der Waals surface area contributed by atoms with Crippen molar-refractivity contribution in [3.05, 3.63) is 88.6 Å². The fourth-order valence-corrected chi connectivity index (χ4v) is 3.96. The van der Waals surface area contributed by atoms with E-state index < -0.39 is 23.4 Å². The molecule has 1 saturated carbocycles. The Kier molecular flexibility index (Phi) is 6.76. The highest BCUT2D eigenvalue weighted by Crippen LogP contribution is 2.27. The van der Waals surface area contributed by atoms with Crippen LogP contribution in [0.4, 0.5) is 13.2 Å². The van der Waals surface area contributed by atoms with Gasteiger partial charge in [0.15, 0.2) is 11.5 Å². The summed E-state index contributed by atoms with van der Waals surface area (Å²) in [4.78, 5) is 27.0. The summed E-state index contributed by atoms with van der Waals surface area (Å²) in [7, 11) is 0. The molecule has 1 heterocycles. The Morgan fingerprint density at radius 2 is 1.64 bits per heavy atom. The lowest BCUT2D eigenvalue weighted by atomic mass is 10.1. The number of hydrogen-bond acceptors (Lipinski definition) is 4.